The molecule has 0 aliphatic carbocycles. The molecule has 3 aromatic rings. The zero-order valence-electron chi connectivity index (χ0n) is 16.8. The Bertz CT molecular complexity index is 963. The van der Waals surface area contributed by atoms with Crippen LogP contribution in [0.2, 0.25) is 0 Å². The van der Waals surface area contributed by atoms with Gasteiger partial charge < -0.3 is 0 Å². The first-order valence-electron chi connectivity index (χ1n) is 9.71. The van der Waals surface area contributed by atoms with Gasteiger partial charge in [0.25, 0.3) is 5.82 Å². The molecule has 2 nitrogen and oxygen atoms in total. The summed E-state index contributed by atoms with van der Waals surface area (Å²) in [5.74, 6) is 2.35. The number of aromatic nitrogens is 2. The Morgan fingerprint density at radius 3 is 2.12 bits per heavy atom. The van der Waals surface area contributed by atoms with Crippen molar-refractivity contribution in [3.8, 4) is 22.6 Å². The standard InChI is InChI=1S/C24H29N2/c1-15(2)19-11-8-12-20(16(3)4)23(19)21-14-26-13-18-10-7-9-17(5)22(18)24(26)25(21)6/h7-12,14-16H,13H2,1-6H3/q+1. The molecular formula is C24H29N2+. The van der Waals surface area contributed by atoms with Crippen molar-refractivity contribution in [1.29, 1.82) is 0 Å². The molecule has 0 amide bonds. The molecule has 26 heavy (non-hydrogen) atoms. The van der Waals surface area contributed by atoms with Gasteiger partial charge in [-0.2, -0.15) is 0 Å². The van der Waals surface area contributed by atoms with E-state index in [1.807, 2.05) is 0 Å². The fraction of sp³-hybridized carbons (Fsp3) is 0.375. The van der Waals surface area contributed by atoms with Gasteiger partial charge in [-0.1, -0.05) is 64.1 Å². The monoisotopic (exact) mass is 345 g/mol. The topological polar surface area (TPSA) is 8.81 Å². The molecule has 0 N–H and O–H groups in total. The molecule has 0 bridgehead atoms. The Balaban J connectivity index is 1.99. The minimum absolute atomic E-state index is 0.507. The summed E-state index contributed by atoms with van der Waals surface area (Å²) < 4.78 is 4.83. The lowest BCUT2D eigenvalue weighted by molar-refractivity contribution is -0.671. The molecule has 0 fully saturated rings. The van der Waals surface area contributed by atoms with Crippen molar-refractivity contribution in [2.75, 3.05) is 0 Å². The van der Waals surface area contributed by atoms with Gasteiger partial charge in [0.05, 0.1) is 12.6 Å². The van der Waals surface area contributed by atoms with Crippen LogP contribution in [0.5, 0.6) is 0 Å². The number of aryl methyl sites for hydroxylation is 1. The first-order valence-corrected chi connectivity index (χ1v) is 9.71. The Morgan fingerprint density at radius 1 is 0.885 bits per heavy atom. The highest BCUT2D eigenvalue weighted by molar-refractivity contribution is 5.73. The third-order valence-electron chi connectivity index (χ3n) is 5.78. The van der Waals surface area contributed by atoms with Gasteiger partial charge in [-0.15, -0.1) is 0 Å². The van der Waals surface area contributed by atoms with Gasteiger partial charge in [-0.05, 0) is 35.4 Å². The predicted molar refractivity (Wildman–Crippen MR) is 108 cm³/mol. The van der Waals surface area contributed by atoms with Gasteiger partial charge in [-0.25, -0.2) is 9.13 Å². The lowest BCUT2D eigenvalue weighted by Crippen LogP contribution is -2.29. The summed E-state index contributed by atoms with van der Waals surface area (Å²) in [5.41, 5.74) is 9.86. The van der Waals surface area contributed by atoms with E-state index < -0.39 is 0 Å². The van der Waals surface area contributed by atoms with E-state index in [2.05, 4.69) is 93.4 Å². The zero-order chi connectivity index (χ0) is 18.6. The minimum atomic E-state index is 0.507. The lowest BCUT2D eigenvalue weighted by Gasteiger charge is -2.18. The van der Waals surface area contributed by atoms with Crippen LogP contribution in [0.3, 0.4) is 0 Å². The molecule has 0 saturated heterocycles. The van der Waals surface area contributed by atoms with Crippen molar-refractivity contribution in [2.24, 2.45) is 7.05 Å². The number of nitrogens with zero attached hydrogens (tertiary/aromatic N) is 2. The molecule has 0 atom stereocenters. The summed E-state index contributed by atoms with van der Waals surface area (Å²) >= 11 is 0. The Kier molecular flexibility index (Phi) is 4.02. The average molecular weight is 346 g/mol. The third kappa shape index (κ3) is 2.43. The van der Waals surface area contributed by atoms with Crippen molar-refractivity contribution in [3.63, 3.8) is 0 Å². The molecule has 2 heteroatoms. The average Bonchev–Trinajstić information content (AvgIpc) is 3.11. The van der Waals surface area contributed by atoms with Gasteiger partial charge >= 0.3 is 0 Å². The van der Waals surface area contributed by atoms with Crippen LogP contribution in [0, 0.1) is 6.92 Å². The predicted octanol–water partition coefficient (Wildman–Crippen LogP) is 5.56. The molecule has 1 aliphatic heterocycles. The second kappa shape index (κ2) is 6.12. The lowest BCUT2D eigenvalue weighted by atomic mass is 9.87. The van der Waals surface area contributed by atoms with Crippen molar-refractivity contribution in [1.82, 2.24) is 4.57 Å². The van der Waals surface area contributed by atoms with Crippen LogP contribution >= 0.6 is 0 Å². The van der Waals surface area contributed by atoms with Crippen molar-refractivity contribution >= 4 is 0 Å². The van der Waals surface area contributed by atoms with Gasteiger partial charge in [0.2, 0.25) is 0 Å². The zero-order valence-corrected chi connectivity index (χ0v) is 16.8. The van der Waals surface area contributed by atoms with E-state index in [0.717, 1.165) is 6.54 Å². The molecule has 2 aromatic carbocycles. The van der Waals surface area contributed by atoms with Crippen LogP contribution in [0.1, 0.15) is 61.8 Å². The summed E-state index contributed by atoms with van der Waals surface area (Å²) in [4.78, 5) is 0. The summed E-state index contributed by atoms with van der Waals surface area (Å²) in [6.07, 6.45) is 2.36. The van der Waals surface area contributed by atoms with Gasteiger partial charge in [-0.3, -0.25) is 0 Å². The van der Waals surface area contributed by atoms with Crippen LogP contribution in [-0.4, -0.2) is 4.57 Å². The summed E-state index contributed by atoms with van der Waals surface area (Å²) in [7, 11) is 2.23. The molecule has 1 aromatic heterocycles. The summed E-state index contributed by atoms with van der Waals surface area (Å²) in [6, 6.07) is 13.5. The maximum absolute atomic E-state index is 2.42. The molecule has 1 aliphatic rings. The highest BCUT2D eigenvalue weighted by Crippen LogP contribution is 2.39. The van der Waals surface area contributed by atoms with E-state index in [4.69, 9.17) is 0 Å². The molecular weight excluding hydrogens is 316 g/mol. The number of imidazole rings is 1. The molecule has 4 rings (SSSR count). The second-order valence-electron chi connectivity index (χ2n) is 8.25. The highest BCUT2D eigenvalue weighted by atomic mass is 15.2. The van der Waals surface area contributed by atoms with Crippen LogP contribution < -0.4 is 4.57 Å². The molecule has 0 saturated carbocycles. The number of hydrogen-bond donors (Lipinski definition) is 0. The maximum Gasteiger partial charge on any atom is 0.290 e. The summed E-state index contributed by atoms with van der Waals surface area (Å²) in [6.45, 7) is 12.4. The Labute approximate surface area is 157 Å². The fourth-order valence-corrected chi connectivity index (χ4v) is 4.48. The van der Waals surface area contributed by atoms with Crippen molar-refractivity contribution < 1.29 is 4.57 Å². The fourth-order valence-electron chi connectivity index (χ4n) is 4.48. The molecule has 2 heterocycles. The van der Waals surface area contributed by atoms with Gasteiger partial charge in [0.1, 0.15) is 12.7 Å². The van der Waals surface area contributed by atoms with E-state index in [1.54, 1.807) is 0 Å². The quantitative estimate of drug-likeness (QED) is 0.430. The minimum Gasteiger partial charge on any atom is -0.226 e. The van der Waals surface area contributed by atoms with Crippen LogP contribution in [0.25, 0.3) is 22.6 Å². The van der Waals surface area contributed by atoms with Crippen LogP contribution in [-0.2, 0) is 13.6 Å². The molecule has 134 valence electrons. The number of benzene rings is 2. The van der Waals surface area contributed by atoms with Crippen molar-refractivity contribution in [3.05, 3.63) is 64.8 Å². The number of fused-ring (bicyclic) bond motifs is 3. The highest BCUT2D eigenvalue weighted by Gasteiger charge is 2.34. The van der Waals surface area contributed by atoms with E-state index >= 15 is 0 Å². The Morgan fingerprint density at radius 2 is 1.50 bits per heavy atom. The second-order valence-corrected chi connectivity index (χ2v) is 8.25. The van der Waals surface area contributed by atoms with Gasteiger partial charge in [0, 0.05) is 11.1 Å². The summed E-state index contributed by atoms with van der Waals surface area (Å²) in [5, 5.41) is 0. The molecule has 0 unspecified atom stereocenters. The first-order chi connectivity index (χ1) is 12.4. The number of rotatable bonds is 3. The Hall–Kier alpha value is -2.35. The normalized spacial score (nSPS) is 12.8. The van der Waals surface area contributed by atoms with E-state index in [-0.39, 0.29) is 0 Å². The first kappa shape index (κ1) is 17.1. The third-order valence-corrected chi connectivity index (χ3v) is 5.78. The molecule has 0 radical (unpaired) electrons. The van der Waals surface area contributed by atoms with Crippen LogP contribution in [0.4, 0.5) is 0 Å². The van der Waals surface area contributed by atoms with Gasteiger partial charge in [0.15, 0.2) is 5.69 Å². The smallest absolute Gasteiger partial charge is 0.226 e. The van der Waals surface area contributed by atoms with Crippen LogP contribution in [0.15, 0.2) is 42.6 Å². The van der Waals surface area contributed by atoms with E-state index in [0.29, 0.717) is 11.8 Å². The van der Waals surface area contributed by atoms with E-state index in [1.165, 1.54) is 44.9 Å². The largest absolute Gasteiger partial charge is 0.290 e. The van der Waals surface area contributed by atoms with Crippen molar-refractivity contribution in [2.45, 2.75) is 53.0 Å². The maximum atomic E-state index is 2.42. The SMILES string of the molecule is Cc1cccc2c1-c1n(C)c(-c3c(C(C)C)cccc3C(C)C)c[n+]1C2. The molecule has 0 spiro atoms. The van der Waals surface area contributed by atoms with E-state index in [9.17, 15) is 0 Å². The number of hydrogen-bond acceptors (Lipinski definition) is 0.